The molecule has 5 nitrogen and oxygen atoms in total. The summed E-state index contributed by atoms with van der Waals surface area (Å²) in [6, 6.07) is 0. The molecule has 0 aromatic carbocycles. The Kier molecular flexibility index (Phi) is 6.22. The zero-order valence-electron chi connectivity index (χ0n) is 9.82. The average Bonchev–Trinajstić information content (AvgIpc) is 2.29. The minimum absolute atomic E-state index is 0.0262. The van der Waals surface area contributed by atoms with Gasteiger partial charge in [-0.25, -0.2) is 13.1 Å². The molecule has 7 heteroatoms. The zero-order valence-corrected chi connectivity index (χ0v) is 11.4. The third-order valence-electron chi connectivity index (χ3n) is 2.72. The van der Waals surface area contributed by atoms with E-state index in [2.05, 4.69) is 4.72 Å². The number of carbonyl (C=O) groups excluding carboxylic acids is 1. The number of nitrogens with zero attached hydrogens (tertiary/aromatic N) is 1. The number of alkyl halides is 1. The van der Waals surface area contributed by atoms with Gasteiger partial charge in [-0.3, -0.25) is 4.79 Å². The van der Waals surface area contributed by atoms with Gasteiger partial charge in [-0.1, -0.05) is 0 Å². The normalized spacial score (nSPS) is 17.1. The Hall–Kier alpha value is -0.330. The van der Waals surface area contributed by atoms with Gasteiger partial charge in [0.15, 0.2) is 0 Å². The SMILES string of the molecule is O=C(CCNS(=O)(=O)CCCl)N1CCCCC1. The summed E-state index contributed by atoms with van der Waals surface area (Å²) in [5.74, 6) is -0.0136. The molecular formula is C10H19ClN2O3S. The molecule has 0 aromatic heterocycles. The molecule has 1 saturated heterocycles. The van der Waals surface area contributed by atoms with Crippen LogP contribution in [0.15, 0.2) is 0 Å². The summed E-state index contributed by atoms with van der Waals surface area (Å²) in [4.78, 5) is 13.5. The van der Waals surface area contributed by atoms with E-state index in [1.54, 1.807) is 4.90 Å². The Morgan fingerprint density at radius 3 is 2.47 bits per heavy atom. The van der Waals surface area contributed by atoms with E-state index in [4.69, 9.17) is 11.6 Å². The van der Waals surface area contributed by atoms with Crippen LogP contribution in [-0.4, -0.2) is 50.5 Å². The number of sulfonamides is 1. The first-order valence-electron chi connectivity index (χ1n) is 5.86. The number of amides is 1. The highest BCUT2D eigenvalue weighted by molar-refractivity contribution is 7.89. The van der Waals surface area contributed by atoms with Gasteiger partial charge in [0, 0.05) is 31.9 Å². The number of carbonyl (C=O) groups is 1. The van der Waals surface area contributed by atoms with Gasteiger partial charge in [0.25, 0.3) is 0 Å². The molecule has 0 bridgehead atoms. The molecule has 1 amide bonds. The highest BCUT2D eigenvalue weighted by atomic mass is 35.5. The standard InChI is InChI=1S/C10H19ClN2O3S/c11-5-9-17(15,16)12-6-4-10(14)13-7-2-1-3-8-13/h12H,1-9H2. The van der Waals surface area contributed by atoms with E-state index < -0.39 is 10.0 Å². The largest absolute Gasteiger partial charge is 0.343 e. The third kappa shape index (κ3) is 5.70. The topological polar surface area (TPSA) is 66.5 Å². The fourth-order valence-electron chi connectivity index (χ4n) is 1.79. The summed E-state index contributed by atoms with van der Waals surface area (Å²) in [6.07, 6.45) is 3.49. The predicted octanol–water partition coefficient (Wildman–Crippen LogP) is 0.547. The minimum Gasteiger partial charge on any atom is -0.343 e. The van der Waals surface area contributed by atoms with Crippen molar-refractivity contribution in [1.29, 1.82) is 0 Å². The number of halogens is 1. The Bertz CT molecular complexity index is 339. The van der Waals surface area contributed by atoms with E-state index in [9.17, 15) is 13.2 Å². The fraction of sp³-hybridized carbons (Fsp3) is 0.900. The Labute approximate surface area is 108 Å². The molecule has 100 valence electrons. The molecule has 1 heterocycles. The van der Waals surface area contributed by atoms with Crippen molar-refractivity contribution in [1.82, 2.24) is 9.62 Å². The van der Waals surface area contributed by atoms with Crippen molar-refractivity contribution in [2.45, 2.75) is 25.7 Å². The van der Waals surface area contributed by atoms with Crippen LogP contribution in [0.25, 0.3) is 0 Å². The first-order valence-corrected chi connectivity index (χ1v) is 8.05. The minimum atomic E-state index is -3.31. The lowest BCUT2D eigenvalue weighted by molar-refractivity contribution is -0.131. The van der Waals surface area contributed by atoms with E-state index in [-0.39, 0.29) is 30.5 Å². The highest BCUT2D eigenvalue weighted by Gasteiger charge is 2.17. The van der Waals surface area contributed by atoms with Gasteiger partial charge in [-0.05, 0) is 19.3 Å². The predicted molar refractivity (Wildman–Crippen MR) is 67.6 cm³/mol. The maximum absolute atomic E-state index is 11.7. The van der Waals surface area contributed by atoms with Crippen LogP contribution in [0.3, 0.4) is 0 Å². The molecule has 0 aromatic rings. The Morgan fingerprint density at radius 1 is 1.24 bits per heavy atom. The van der Waals surface area contributed by atoms with Crippen LogP contribution in [-0.2, 0) is 14.8 Å². The lowest BCUT2D eigenvalue weighted by Gasteiger charge is -2.26. The highest BCUT2D eigenvalue weighted by Crippen LogP contribution is 2.09. The van der Waals surface area contributed by atoms with Gasteiger partial charge in [0.2, 0.25) is 15.9 Å². The average molecular weight is 283 g/mol. The summed E-state index contributed by atoms with van der Waals surface area (Å²) in [7, 11) is -3.31. The second-order valence-electron chi connectivity index (χ2n) is 4.09. The van der Waals surface area contributed by atoms with E-state index in [1.165, 1.54) is 6.42 Å². The van der Waals surface area contributed by atoms with Gasteiger partial charge in [0.1, 0.15) is 0 Å². The molecule has 0 aliphatic carbocycles. The molecule has 1 fully saturated rings. The van der Waals surface area contributed by atoms with Crippen molar-refractivity contribution >= 4 is 27.5 Å². The summed E-state index contributed by atoms with van der Waals surface area (Å²) < 4.78 is 24.9. The van der Waals surface area contributed by atoms with E-state index in [0.717, 1.165) is 25.9 Å². The van der Waals surface area contributed by atoms with E-state index in [0.29, 0.717) is 0 Å². The smallest absolute Gasteiger partial charge is 0.223 e. The van der Waals surface area contributed by atoms with Crippen LogP contribution in [0.4, 0.5) is 0 Å². The first kappa shape index (κ1) is 14.7. The first-order chi connectivity index (χ1) is 8.05. The number of rotatable bonds is 6. The summed E-state index contributed by atoms with van der Waals surface area (Å²) in [6.45, 7) is 1.76. The maximum atomic E-state index is 11.7. The summed E-state index contributed by atoms with van der Waals surface area (Å²) >= 11 is 5.35. The Balaban J connectivity index is 2.24. The lowest BCUT2D eigenvalue weighted by atomic mass is 10.1. The van der Waals surface area contributed by atoms with Crippen LogP contribution >= 0.6 is 11.6 Å². The van der Waals surface area contributed by atoms with Crippen molar-refractivity contribution in [3.05, 3.63) is 0 Å². The van der Waals surface area contributed by atoms with Gasteiger partial charge < -0.3 is 4.90 Å². The molecule has 0 unspecified atom stereocenters. The van der Waals surface area contributed by atoms with Crippen LogP contribution in [0.1, 0.15) is 25.7 Å². The van der Waals surface area contributed by atoms with Crippen molar-refractivity contribution in [2.75, 3.05) is 31.3 Å². The van der Waals surface area contributed by atoms with Crippen LogP contribution in [0.2, 0.25) is 0 Å². The lowest BCUT2D eigenvalue weighted by Crippen LogP contribution is -2.38. The molecule has 0 spiro atoms. The number of hydrogen-bond acceptors (Lipinski definition) is 3. The molecule has 0 saturated carbocycles. The zero-order chi connectivity index (χ0) is 12.7. The summed E-state index contributed by atoms with van der Waals surface area (Å²) in [5, 5.41) is 0. The van der Waals surface area contributed by atoms with Crippen LogP contribution in [0, 0.1) is 0 Å². The van der Waals surface area contributed by atoms with Gasteiger partial charge in [-0.2, -0.15) is 0 Å². The number of likely N-dealkylation sites (tertiary alicyclic amines) is 1. The Morgan fingerprint density at radius 2 is 1.88 bits per heavy atom. The van der Waals surface area contributed by atoms with E-state index in [1.807, 2.05) is 0 Å². The second kappa shape index (κ2) is 7.18. The van der Waals surface area contributed by atoms with Crippen molar-refractivity contribution in [3.8, 4) is 0 Å². The fourth-order valence-corrected chi connectivity index (χ4v) is 3.16. The molecule has 17 heavy (non-hydrogen) atoms. The maximum Gasteiger partial charge on any atom is 0.223 e. The van der Waals surface area contributed by atoms with Crippen LogP contribution < -0.4 is 4.72 Å². The molecular weight excluding hydrogens is 264 g/mol. The van der Waals surface area contributed by atoms with Crippen molar-refractivity contribution in [2.24, 2.45) is 0 Å². The van der Waals surface area contributed by atoms with Gasteiger partial charge >= 0.3 is 0 Å². The molecule has 0 atom stereocenters. The molecule has 1 rings (SSSR count). The monoisotopic (exact) mass is 282 g/mol. The molecule has 0 radical (unpaired) electrons. The number of hydrogen-bond donors (Lipinski definition) is 1. The third-order valence-corrected chi connectivity index (χ3v) is 4.51. The van der Waals surface area contributed by atoms with Gasteiger partial charge in [0.05, 0.1) is 5.75 Å². The van der Waals surface area contributed by atoms with Gasteiger partial charge in [-0.15, -0.1) is 11.6 Å². The van der Waals surface area contributed by atoms with Crippen LogP contribution in [0.5, 0.6) is 0 Å². The quantitative estimate of drug-likeness (QED) is 0.724. The summed E-state index contributed by atoms with van der Waals surface area (Å²) in [5.41, 5.74) is 0. The van der Waals surface area contributed by atoms with Crippen molar-refractivity contribution in [3.63, 3.8) is 0 Å². The second-order valence-corrected chi connectivity index (χ2v) is 6.40. The van der Waals surface area contributed by atoms with Crippen molar-refractivity contribution < 1.29 is 13.2 Å². The molecule has 1 aliphatic heterocycles. The number of piperidine rings is 1. The molecule has 1 N–H and O–H groups in total. The van der Waals surface area contributed by atoms with E-state index >= 15 is 0 Å². The molecule has 1 aliphatic rings. The number of nitrogens with one attached hydrogen (secondary N) is 1.